The third-order valence-corrected chi connectivity index (χ3v) is 1.11. The molecule has 68 valence electrons. The molecule has 0 aromatic carbocycles. The Hall–Kier alpha value is -1.09. The third kappa shape index (κ3) is 4.68. The van der Waals surface area contributed by atoms with Crippen LogP contribution >= 0.6 is 0 Å². The number of aromatic nitrogens is 1. The molecule has 0 radical (unpaired) electrons. The van der Waals surface area contributed by atoms with E-state index in [1.165, 1.54) is 0 Å². The van der Waals surface area contributed by atoms with Gasteiger partial charge in [0.1, 0.15) is 5.82 Å². The maximum Gasteiger partial charge on any atom is 0.127 e. The van der Waals surface area contributed by atoms with Crippen LogP contribution in [-0.4, -0.2) is 30.8 Å². The summed E-state index contributed by atoms with van der Waals surface area (Å²) in [7, 11) is 3.95. The van der Waals surface area contributed by atoms with E-state index >= 15 is 0 Å². The Morgan fingerprint density at radius 2 is 2.00 bits per heavy atom. The fourth-order valence-electron chi connectivity index (χ4n) is 0.618. The van der Waals surface area contributed by atoms with E-state index in [4.69, 9.17) is 5.11 Å². The molecule has 0 aliphatic rings. The Morgan fingerprint density at radius 3 is 2.25 bits per heavy atom. The number of hydrogen-bond donors (Lipinski definition) is 1. The maximum atomic E-state index is 7.57. The normalized spacial score (nSPS) is 8.33. The lowest BCUT2D eigenvalue weighted by atomic mass is 10.4. The second-order valence-electron chi connectivity index (χ2n) is 2.40. The summed E-state index contributed by atoms with van der Waals surface area (Å²) in [5.74, 6) is 0.998. The van der Waals surface area contributed by atoms with Gasteiger partial charge in [-0.3, -0.25) is 0 Å². The Balaban J connectivity index is 0.000000354. The highest BCUT2D eigenvalue weighted by molar-refractivity contribution is 5.34. The summed E-state index contributed by atoms with van der Waals surface area (Å²) >= 11 is 0. The molecule has 1 aromatic heterocycles. The summed E-state index contributed by atoms with van der Waals surface area (Å²) in [6.07, 6.45) is 1.79. The minimum Gasteiger partial charge on any atom is -0.397 e. The fourth-order valence-corrected chi connectivity index (χ4v) is 0.618. The van der Waals surface area contributed by atoms with E-state index < -0.39 is 0 Å². The van der Waals surface area contributed by atoms with Gasteiger partial charge in [-0.2, -0.15) is 0 Å². The number of aliphatic hydroxyl groups excluding tert-OH is 1. The van der Waals surface area contributed by atoms with Gasteiger partial charge < -0.3 is 10.0 Å². The van der Waals surface area contributed by atoms with Gasteiger partial charge in [-0.05, 0) is 19.1 Å². The molecule has 1 N–H and O–H groups in total. The zero-order chi connectivity index (χ0) is 9.40. The number of pyridine rings is 1. The molecule has 1 rings (SSSR count). The molecule has 0 saturated heterocycles. The van der Waals surface area contributed by atoms with Gasteiger partial charge in [-0.15, -0.1) is 0 Å². The molecular formula is C9H16N2O. The average molecular weight is 168 g/mol. The van der Waals surface area contributed by atoms with Crippen molar-refractivity contribution in [1.82, 2.24) is 4.98 Å². The Kier molecular flexibility index (Phi) is 6.01. The van der Waals surface area contributed by atoms with Crippen molar-refractivity contribution in [1.29, 1.82) is 0 Å². The monoisotopic (exact) mass is 168 g/mol. The molecule has 0 aliphatic carbocycles. The zero-order valence-corrected chi connectivity index (χ0v) is 7.86. The first-order chi connectivity index (χ1) is 5.72. The molecule has 0 saturated carbocycles. The summed E-state index contributed by atoms with van der Waals surface area (Å²) in [6, 6.07) is 5.86. The Bertz CT molecular complexity index is 187. The van der Waals surface area contributed by atoms with Crippen molar-refractivity contribution in [3.05, 3.63) is 24.4 Å². The van der Waals surface area contributed by atoms with Crippen LogP contribution in [0.3, 0.4) is 0 Å². The van der Waals surface area contributed by atoms with Crippen LogP contribution < -0.4 is 4.90 Å². The van der Waals surface area contributed by atoms with Crippen LogP contribution in [0.25, 0.3) is 0 Å². The molecule has 12 heavy (non-hydrogen) atoms. The van der Waals surface area contributed by atoms with Crippen LogP contribution in [0, 0.1) is 0 Å². The lowest BCUT2D eigenvalue weighted by Crippen LogP contribution is -2.09. The van der Waals surface area contributed by atoms with Crippen LogP contribution in [0.1, 0.15) is 6.92 Å². The van der Waals surface area contributed by atoms with Crippen LogP contribution in [0.15, 0.2) is 24.4 Å². The van der Waals surface area contributed by atoms with Gasteiger partial charge in [0.25, 0.3) is 0 Å². The average Bonchev–Trinajstić information content (AvgIpc) is 2.07. The van der Waals surface area contributed by atoms with Gasteiger partial charge in [0.05, 0.1) is 0 Å². The van der Waals surface area contributed by atoms with E-state index in [0.717, 1.165) is 5.82 Å². The standard InChI is InChI=1S/C7H10N2.C2H6O/c1-9(2)7-5-3-4-6-8-7;1-2-3/h3-6H,1-2H3;3H,2H2,1H3. The van der Waals surface area contributed by atoms with Gasteiger partial charge in [0.15, 0.2) is 0 Å². The van der Waals surface area contributed by atoms with Gasteiger partial charge in [0, 0.05) is 26.9 Å². The fraction of sp³-hybridized carbons (Fsp3) is 0.444. The Morgan fingerprint density at radius 1 is 1.42 bits per heavy atom. The molecular weight excluding hydrogens is 152 g/mol. The summed E-state index contributed by atoms with van der Waals surface area (Å²) in [6.45, 7) is 1.93. The quantitative estimate of drug-likeness (QED) is 0.683. The zero-order valence-electron chi connectivity index (χ0n) is 7.86. The van der Waals surface area contributed by atoms with Crippen molar-refractivity contribution in [2.24, 2.45) is 0 Å². The number of rotatable bonds is 1. The summed E-state index contributed by atoms with van der Waals surface area (Å²) in [5.41, 5.74) is 0. The molecule has 3 heteroatoms. The first kappa shape index (κ1) is 10.9. The van der Waals surface area contributed by atoms with E-state index in [2.05, 4.69) is 4.98 Å². The van der Waals surface area contributed by atoms with Crippen molar-refractivity contribution in [3.8, 4) is 0 Å². The van der Waals surface area contributed by atoms with E-state index in [9.17, 15) is 0 Å². The number of anilines is 1. The number of nitrogens with zero attached hydrogens (tertiary/aromatic N) is 2. The van der Waals surface area contributed by atoms with E-state index in [-0.39, 0.29) is 6.61 Å². The smallest absolute Gasteiger partial charge is 0.127 e. The highest BCUT2D eigenvalue weighted by Gasteiger charge is 1.89. The van der Waals surface area contributed by atoms with Crippen LogP contribution in [-0.2, 0) is 0 Å². The second kappa shape index (κ2) is 6.61. The minimum atomic E-state index is 0.250. The summed E-state index contributed by atoms with van der Waals surface area (Å²) < 4.78 is 0. The SMILES string of the molecule is CCO.CN(C)c1ccccn1. The predicted octanol–water partition coefficient (Wildman–Crippen LogP) is 1.15. The van der Waals surface area contributed by atoms with Crippen LogP contribution in [0.4, 0.5) is 5.82 Å². The van der Waals surface area contributed by atoms with Gasteiger partial charge in [-0.25, -0.2) is 4.98 Å². The lowest BCUT2D eigenvalue weighted by Gasteiger charge is -2.08. The molecule has 1 aromatic rings. The second-order valence-corrected chi connectivity index (χ2v) is 2.40. The highest BCUT2D eigenvalue weighted by atomic mass is 16.2. The molecule has 1 heterocycles. The van der Waals surface area contributed by atoms with Crippen molar-refractivity contribution in [2.45, 2.75) is 6.92 Å². The number of aliphatic hydroxyl groups is 1. The Labute approximate surface area is 73.7 Å². The van der Waals surface area contributed by atoms with Crippen LogP contribution in [0.5, 0.6) is 0 Å². The molecule has 0 amide bonds. The summed E-state index contributed by atoms with van der Waals surface area (Å²) in [4.78, 5) is 6.08. The topological polar surface area (TPSA) is 36.4 Å². The van der Waals surface area contributed by atoms with E-state index in [1.54, 1.807) is 13.1 Å². The van der Waals surface area contributed by atoms with Crippen molar-refractivity contribution in [3.63, 3.8) is 0 Å². The van der Waals surface area contributed by atoms with Crippen molar-refractivity contribution in [2.75, 3.05) is 25.6 Å². The molecule has 0 fully saturated rings. The highest BCUT2D eigenvalue weighted by Crippen LogP contribution is 2.02. The third-order valence-electron chi connectivity index (χ3n) is 1.11. The molecule has 0 unspecified atom stereocenters. The number of hydrogen-bond acceptors (Lipinski definition) is 3. The van der Waals surface area contributed by atoms with E-state index in [0.29, 0.717) is 0 Å². The maximum absolute atomic E-state index is 7.57. The molecule has 0 atom stereocenters. The van der Waals surface area contributed by atoms with E-state index in [1.807, 2.05) is 37.2 Å². The predicted molar refractivity (Wildman–Crippen MR) is 51.3 cm³/mol. The summed E-state index contributed by atoms with van der Waals surface area (Å²) in [5, 5.41) is 7.57. The first-order valence-electron chi connectivity index (χ1n) is 3.91. The minimum absolute atomic E-state index is 0.250. The van der Waals surface area contributed by atoms with Gasteiger partial charge in [-0.1, -0.05) is 6.07 Å². The molecule has 0 spiro atoms. The van der Waals surface area contributed by atoms with Crippen molar-refractivity contribution < 1.29 is 5.11 Å². The molecule has 0 bridgehead atoms. The van der Waals surface area contributed by atoms with Crippen LogP contribution in [0.2, 0.25) is 0 Å². The molecule has 0 aliphatic heterocycles. The van der Waals surface area contributed by atoms with Gasteiger partial charge >= 0.3 is 0 Å². The first-order valence-corrected chi connectivity index (χ1v) is 3.91. The molecule has 3 nitrogen and oxygen atoms in total. The van der Waals surface area contributed by atoms with Crippen molar-refractivity contribution >= 4 is 5.82 Å². The lowest BCUT2D eigenvalue weighted by molar-refractivity contribution is 0.318. The van der Waals surface area contributed by atoms with Gasteiger partial charge in [0.2, 0.25) is 0 Å². The largest absolute Gasteiger partial charge is 0.397 e.